The van der Waals surface area contributed by atoms with Crippen molar-refractivity contribution in [2.24, 2.45) is 9.98 Å². The van der Waals surface area contributed by atoms with Crippen LogP contribution in [0.3, 0.4) is 0 Å². The number of amides is 2. The molecule has 0 radical (unpaired) electrons. The summed E-state index contributed by atoms with van der Waals surface area (Å²) >= 11 is 7.70. The molecule has 2 heterocycles. The predicted molar refractivity (Wildman–Crippen MR) is 136 cm³/mol. The third-order valence-electron chi connectivity index (χ3n) is 5.64. The highest BCUT2D eigenvalue weighted by Crippen LogP contribution is 2.35. The van der Waals surface area contributed by atoms with E-state index < -0.39 is 6.04 Å². The van der Waals surface area contributed by atoms with E-state index in [4.69, 9.17) is 16.6 Å². The molecule has 35 heavy (non-hydrogen) atoms. The molecule has 176 valence electrons. The summed E-state index contributed by atoms with van der Waals surface area (Å²) in [6.45, 7) is 0.240. The van der Waals surface area contributed by atoms with Gasteiger partial charge in [-0.1, -0.05) is 65.8 Å². The van der Waals surface area contributed by atoms with Crippen LogP contribution >= 0.6 is 23.4 Å². The average molecular weight is 507 g/mol. The van der Waals surface area contributed by atoms with Crippen molar-refractivity contribution in [3.8, 4) is 0 Å². The Kier molecular flexibility index (Phi) is 6.66. The van der Waals surface area contributed by atoms with Crippen molar-refractivity contribution in [3.63, 3.8) is 0 Å². The van der Waals surface area contributed by atoms with Crippen molar-refractivity contribution in [3.05, 3.63) is 100 Å². The van der Waals surface area contributed by atoms with Crippen molar-refractivity contribution in [1.82, 2.24) is 10.2 Å². The maximum absolute atomic E-state index is 13.4. The first-order chi connectivity index (χ1) is 17.0. The number of hydrogen-bond acceptors (Lipinski definition) is 5. The van der Waals surface area contributed by atoms with Gasteiger partial charge in [0, 0.05) is 22.9 Å². The van der Waals surface area contributed by atoms with Crippen LogP contribution < -0.4 is 5.32 Å². The van der Waals surface area contributed by atoms with Crippen molar-refractivity contribution in [2.45, 2.75) is 24.8 Å². The minimum Gasteiger partial charge on any atom is -0.352 e. The van der Waals surface area contributed by atoms with Gasteiger partial charge in [-0.05, 0) is 41.5 Å². The van der Waals surface area contributed by atoms with E-state index in [-0.39, 0.29) is 30.6 Å². The molecule has 0 aromatic heterocycles. The largest absolute Gasteiger partial charge is 0.352 e. The number of halogens is 2. The lowest BCUT2D eigenvalue weighted by molar-refractivity contribution is -0.128. The topological polar surface area (TPSA) is 74.1 Å². The number of fused-ring (bicyclic) bond motifs is 3. The molecule has 3 aromatic carbocycles. The molecular formula is C26H20ClFN4O2S. The molecule has 2 aliphatic rings. The van der Waals surface area contributed by atoms with Crippen molar-refractivity contribution < 1.29 is 14.0 Å². The van der Waals surface area contributed by atoms with Crippen molar-refractivity contribution >= 4 is 51.9 Å². The maximum atomic E-state index is 13.4. The number of nitrogens with zero attached hydrogens (tertiary/aromatic N) is 3. The second-order valence-electron chi connectivity index (χ2n) is 8.04. The number of benzene rings is 3. The lowest BCUT2D eigenvalue weighted by atomic mass is 10.1. The van der Waals surface area contributed by atoms with Gasteiger partial charge in [-0.15, -0.1) is 0 Å². The van der Waals surface area contributed by atoms with Crippen LogP contribution in [0.2, 0.25) is 5.02 Å². The van der Waals surface area contributed by atoms with Gasteiger partial charge < -0.3 is 5.32 Å². The monoisotopic (exact) mass is 506 g/mol. The van der Waals surface area contributed by atoms with Crippen LogP contribution in [0.15, 0.2) is 82.8 Å². The van der Waals surface area contributed by atoms with Gasteiger partial charge in [0.2, 0.25) is 5.91 Å². The van der Waals surface area contributed by atoms with Crippen LogP contribution in [0.25, 0.3) is 0 Å². The van der Waals surface area contributed by atoms with E-state index in [1.165, 1.54) is 28.8 Å². The van der Waals surface area contributed by atoms with E-state index in [0.29, 0.717) is 21.8 Å². The van der Waals surface area contributed by atoms with Crippen LogP contribution in [0.4, 0.5) is 10.1 Å². The Hall–Kier alpha value is -3.49. The van der Waals surface area contributed by atoms with E-state index >= 15 is 0 Å². The fraction of sp³-hybridized carbons (Fsp3) is 0.154. The zero-order chi connectivity index (χ0) is 24.4. The Morgan fingerprint density at radius 3 is 2.60 bits per heavy atom. The van der Waals surface area contributed by atoms with Gasteiger partial charge in [0.1, 0.15) is 17.7 Å². The summed E-state index contributed by atoms with van der Waals surface area (Å²) in [6.07, 6.45) is -0.0926. The maximum Gasteiger partial charge on any atom is 0.259 e. The molecule has 9 heteroatoms. The van der Waals surface area contributed by atoms with Gasteiger partial charge in [-0.25, -0.2) is 14.3 Å². The molecule has 0 unspecified atom stereocenters. The highest BCUT2D eigenvalue weighted by Gasteiger charge is 2.42. The number of carbonyl (C=O) groups excluding carboxylic acids is 2. The zero-order valence-corrected chi connectivity index (χ0v) is 20.0. The van der Waals surface area contributed by atoms with Crippen LogP contribution in [-0.4, -0.2) is 33.8 Å². The smallest absolute Gasteiger partial charge is 0.259 e. The minimum absolute atomic E-state index is 0.0926. The number of nitrogens with one attached hydrogen (secondary N) is 1. The summed E-state index contributed by atoms with van der Waals surface area (Å²) in [5.41, 5.74) is 3.17. The highest BCUT2D eigenvalue weighted by molar-refractivity contribution is 8.13. The summed E-state index contributed by atoms with van der Waals surface area (Å²) < 4.78 is 13.1. The van der Waals surface area contributed by atoms with Gasteiger partial charge in [-0.3, -0.25) is 14.6 Å². The van der Waals surface area contributed by atoms with Crippen molar-refractivity contribution in [2.75, 3.05) is 0 Å². The van der Waals surface area contributed by atoms with Crippen molar-refractivity contribution in [1.29, 1.82) is 0 Å². The third-order valence-corrected chi connectivity index (χ3v) is 7.00. The Bertz CT molecular complexity index is 1360. The normalized spacial score (nSPS) is 16.3. The number of hydrogen-bond donors (Lipinski definition) is 1. The average Bonchev–Trinajstić information content (AvgIpc) is 3.19. The summed E-state index contributed by atoms with van der Waals surface area (Å²) in [6, 6.07) is 20.1. The van der Waals surface area contributed by atoms with Gasteiger partial charge in [0.15, 0.2) is 5.17 Å². The summed E-state index contributed by atoms with van der Waals surface area (Å²) in [5, 5.41) is 3.93. The second-order valence-corrected chi connectivity index (χ2v) is 9.39. The lowest BCUT2D eigenvalue weighted by Gasteiger charge is -2.25. The fourth-order valence-corrected chi connectivity index (χ4v) is 5.13. The van der Waals surface area contributed by atoms with Gasteiger partial charge in [0.05, 0.1) is 12.1 Å². The summed E-state index contributed by atoms with van der Waals surface area (Å²) in [4.78, 5) is 36.8. The van der Waals surface area contributed by atoms with E-state index in [9.17, 15) is 14.0 Å². The highest BCUT2D eigenvalue weighted by atomic mass is 35.5. The van der Waals surface area contributed by atoms with Gasteiger partial charge in [-0.2, -0.15) is 0 Å². The molecule has 0 fully saturated rings. The first-order valence-corrected chi connectivity index (χ1v) is 12.3. The van der Waals surface area contributed by atoms with Crippen LogP contribution in [-0.2, 0) is 21.9 Å². The first kappa shape index (κ1) is 23.3. The molecular weight excluding hydrogens is 487 g/mol. The number of amidine groups is 2. The van der Waals surface area contributed by atoms with Crippen LogP contribution in [0.5, 0.6) is 0 Å². The van der Waals surface area contributed by atoms with Crippen LogP contribution in [0, 0.1) is 5.82 Å². The first-order valence-electron chi connectivity index (χ1n) is 11.0. The van der Waals surface area contributed by atoms with E-state index in [1.807, 2.05) is 48.5 Å². The van der Waals surface area contributed by atoms with E-state index in [0.717, 1.165) is 22.4 Å². The minimum atomic E-state index is -0.851. The second kappa shape index (κ2) is 10.0. The number of rotatable bonds is 6. The Balaban J connectivity index is 1.33. The molecule has 2 aliphatic heterocycles. The Morgan fingerprint density at radius 2 is 1.80 bits per heavy atom. The molecule has 1 atom stereocenters. The lowest BCUT2D eigenvalue weighted by Crippen LogP contribution is -2.42. The molecule has 6 nitrogen and oxygen atoms in total. The molecule has 1 N–H and O–H groups in total. The molecule has 0 saturated carbocycles. The SMILES string of the molecule is O=C(C[C@@H]1N=C2c3ccccc3N=C(SCc3ccccc3Cl)N2C1=O)NCc1ccc(F)cc1. The summed E-state index contributed by atoms with van der Waals surface area (Å²) in [7, 11) is 0. The molecule has 5 rings (SSSR count). The third kappa shape index (κ3) is 4.99. The quantitative estimate of drug-likeness (QED) is 0.507. The number of carbonyl (C=O) groups is 2. The van der Waals surface area contributed by atoms with Gasteiger partial charge >= 0.3 is 0 Å². The molecule has 0 aliphatic carbocycles. The number of thioether (sulfide) groups is 1. The standard InChI is InChI=1S/C26H20ClFN4O2S/c27-20-7-3-1-5-17(20)15-35-26-31-21-8-4-2-6-19(21)24-30-22(25(34)32(24)26)13-23(33)29-14-16-9-11-18(28)12-10-16/h1-12,22H,13-15H2,(H,29,33)/t22-/m0/s1. The number of para-hydroxylation sites is 1. The van der Waals surface area contributed by atoms with E-state index in [1.54, 1.807) is 12.1 Å². The van der Waals surface area contributed by atoms with Crippen LogP contribution in [0.1, 0.15) is 23.1 Å². The fourth-order valence-electron chi connectivity index (χ4n) is 3.84. The molecule has 3 aromatic rings. The molecule has 0 bridgehead atoms. The molecule has 0 saturated heterocycles. The molecule has 2 amide bonds. The summed E-state index contributed by atoms with van der Waals surface area (Å²) in [5.74, 6) is 0.0812. The van der Waals surface area contributed by atoms with Gasteiger partial charge in [0.25, 0.3) is 5.91 Å². The van der Waals surface area contributed by atoms with E-state index in [2.05, 4.69) is 10.3 Å². The molecule has 0 spiro atoms. The number of aliphatic imine (C=N–C) groups is 2. The Morgan fingerprint density at radius 1 is 1.06 bits per heavy atom. The zero-order valence-electron chi connectivity index (χ0n) is 18.4. The Labute approximate surface area is 210 Å². The predicted octanol–water partition coefficient (Wildman–Crippen LogP) is 5.08.